The molecule has 1 aromatic heterocycles. The van der Waals surface area contributed by atoms with Crippen molar-refractivity contribution in [2.24, 2.45) is 11.7 Å². The number of nitrogens with two attached hydrogens (primary N) is 1. The molecule has 3 N–H and O–H groups in total. The van der Waals surface area contributed by atoms with Gasteiger partial charge in [-0.2, -0.15) is 0 Å². The third-order valence-corrected chi connectivity index (χ3v) is 6.96. The fraction of sp³-hybridized carbons (Fsp3) is 0.522. The number of thiazole rings is 1. The molecule has 1 fully saturated rings. The molecule has 0 spiro atoms. The van der Waals surface area contributed by atoms with E-state index in [9.17, 15) is 14.7 Å². The first-order valence-corrected chi connectivity index (χ1v) is 12.7. The number of carbonyl (C=O) groups excluding carboxylic acids is 1. The average Bonchev–Trinajstić information content (AvgIpc) is 3.19. The molecule has 33 heavy (non-hydrogen) atoms. The summed E-state index contributed by atoms with van der Waals surface area (Å²) < 4.78 is 0. The van der Waals surface area contributed by atoms with Gasteiger partial charge in [0.25, 0.3) is 0 Å². The summed E-state index contributed by atoms with van der Waals surface area (Å²) in [5.41, 5.74) is 7.19. The highest BCUT2D eigenvalue weighted by Crippen LogP contribution is 2.37. The summed E-state index contributed by atoms with van der Waals surface area (Å²) in [6.45, 7) is 9.48. The molecule has 1 atom stereocenters. The monoisotopic (exact) mass is 514 g/mol. The van der Waals surface area contributed by atoms with E-state index >= 15 is 0 Å². The first kappa shape index (κ1) is 27.4. The Hall–Kier alpha value is -1.87. The number of amides is 1. The smallest absolute Gasteiger partial charge is 0.328 e. The second-order valence-corrected chi connectivity index (χ2v) is 9.80. The van der Waals surface area contributed by atoms with Crippen LogP contribution in [0.25, 0.3) is 11.3 Å². The van der Waals surface area contributed by atoms with Gasteiger partial charge in [-0.25, -0.2) is 9.78 Å². The number of anilines is 1. The minimum Gasteiger partial charge on any atom is -0.480 e. The maximum absolute atomic E-state index is 12.3. The van der Waals surface area contributed by atoms with Crippen LogP contribution in [0.5, 0.6) is 0 Å². The lowest BCUT2D eigenvalue weighted by atomic mass is 10.0. The molecule has 1 amide bonds. The van der Waals surface area contributed by atoms with Crippen LogP contribution in [0.1, 0.15) is 39.0 Å². The highest BCUT2D eigenvalue weighted by atomic mass is 35.5. The molecule has 1 aliphatic rings. The minimum absolute atomic E-state index is 0.140. The van der Waals surface area contributed by atoms with Crippen molar-refractivity contribution in [1.82, 2.24) is 9.88 Å². The van der Waals surface area contributed by atoms with Crippen LogP contribution < -0.4 is 10.6 Å². The van der Waals surface area contributed by atoms with Gasteiger partial charge in [0.05, 0.1) is 22.3 Å². The van der Waals surface area contributed by atoms with Crippen molar-refractivity contribution in [1.29, 1.82) is 0 Å². The molecule has 7 nitrogen and oxygen atoms in total. The lowest BCUT2D eigenvalue weighted by molar-refractivity contribution is -0.150. The van der Waals surface area contributed by atoms with Crippen molar-refractivity contribution in [2.75, 3.05) is 31.1 Å². The number of piperazine rings is 1. The number of carboxylic acid groups (broad SMARTS) is 1. The van der Waals surface area contributed by atoms with Crippen molar-refractivity contribution < 1.29 is 14.7 Å². The van der Waals surface area contributed by atoms with Crippen LogP contribution in [-0.2, 0) is 16.0 Å². The molecule has 2 heterocycles. The van der Waals surface area contributed by atoms with Crippen LogP contribution in [0.4, 0.5) is 5.13 Å². The average molecular weight is 516 g/mol. The first-order valence-electron chi connectivity index (χ1n) is 11.1. The summed E-state index contributed by atoms with van der Waals surface area (Å²) in [6.07, 6.45) is 0.978. The molecule has 3 rings (SSSR count). The molecule has 1 aromatic carbocycles. The number of aromatic nitrogens is 1. The summed E-state index contributed by atoms with van der Waals surface area (Å²) in [5.74, 6) is -0.836. The maximum atomic E-state index is 12.3. The Balaban J connectivity index is 0.00000187. The van der Waals surface area contributed by atoms with E-state index in [1.54, 1.807) is 23.5 Å². The summed E-state index contributed by atoms with van der Waals surface area (Å²) >= 11 is 13.9. The van der Waals surface area contributed by atoms with Gasteiger partial charge in [0.2, 0.25) is 5.91 Å². The number of carbonyl (C=O) groups is 2. The van der Waals surface area contributed by atoms with E-state index in [2.05, 4.69) is 13.8 Å². The minimum atomic E-state index is -1.03. The fourth-order valence-electron chi connectivity index (χ4n) is 3.59. The van der Waals surface area contributed by atoms with E-state index in [0.717, 1.165) is 27.7 Å². The second-order valence-electron chi connectivity index (χ2n) is 7.92. The van der Waals surface area contributed by atoms with Crippen molar-refractivity contribution >= 4 is 51.5 Å². The Morgan fingerprint density at radius 3 is 2.52 bits per heavy atom. The molecule has 1 saturated heterocycles. The highest BCUT2D eigenvalue weighted by Gasteiger charge is 2.36. The number of rotatable bonds is 7. The van der Waals surface area contributed by atoms with Gasteiger partial charge in [0.1, 0.15) is 6.04 Å². The number of carboxylic acids is 1. The molecule has 0 bridgehead atoms. The van der Waals surface area contributed by atoms with Gasteiger partial charge in [-0.3, -0.25) is 4.79 Å². The molecule has 0 saturated carbocycles. The number of hydrogen-bond acceptors (Lipinski definition) is 6. The van der Waals surface area contributed by atoms with Gasteiger partial charge in [-0.1, -0.05) is 57.0 Å². The van der Waals surface area contributed by atoms with Crippen LogP contribution >= 0.6 is 34.5 Å². The molecule has 0 radical (unpaired) electrons. The molecule has 2 aromatic rings. The van der Waals surface area contributed by atoms with Crippen LogP contribution in [-0.4, -0.2) is 59.1 Å². The third kappa shape index (κ3) is 6.82. The summed E-state index contributed by atoms with van der Waals surface area (Å²) in [6, 6.07) is 4.51. The van der Waals surface area contributed by atoms with Crippen molar-refractivity contribution in [2.45, 2.75) is 46.6 Å². The van der Waals surface area contributed by atoms with E-state index in [-0.39, 0.29) is 25.4 Å². The lowest BCUT2D eigenvalue weighted by Gasteiger charge is -2.39. The van der Waals surface area contributed by atoms with Crippen molar-refractivity contribution in [3.8, 4) is 11.3 Å². The molecular formula is C23H32Cl2N4O3S. The van der Waals surface area contributed by atoms with Gasteiger partial charge < -0.3 is 20.6 Å². The van der Waals surface area contributed by atoms with E-state index in [4.69, 9.17) is 33.9 Å². The normalized spacial score (nSPS) is 15.9. The SMILES string of the molecule is CC.CC(C)Cc1sc(N2CCN(C(=O)CCN)C(C(=O)O)C2)nc1-c1ccc(Cl)c(Cl)c1. The Kier molecular flexibility index (Phi) is 10.4. The van der Waals surface area contributed by atoms with E-state index < -0.39 is 12.0 Å². The zero-order valence-electron chi connectivity index (χ0n) is 19.5. The number of halogens is 2. The topological polar surface area (TPSA) is 99.8 Å². The van der Waals surface area contributed by atoms with Crippen molar-refractivity contribution in [3.63, 3.8) is 0 Å². The van der Waals surface area contributed by atoms with Gasteiger partial charge in [-0.15, -0.1) is 11.3 Å². The molecular weight excluding hydrogens is 483 g/mol. The Labute approximate surface area is 209 Å². The van der Waals surface area contributed by atoms with Gasteiger partial charge in [0.15, 0.2) is 5.13 Å². The van der Waals surface area contributed by atoms with Crippen molar-refractivity contribution in [3.05, 3.63) is 33.1 Å². The van der Waals surface area contributed by atoms with Gasteiger partial charge in [-0.05, 0) is 24.5 Å². The Morgan fingerprint density at radius 1 is 1.24 bits per heavy atom. The lowest BCUT2D eigenvalue weighted by Crippen LogP contribution is -2.58. The van der Waals surface area contributed by atoms with E-state index in [0.29, 0.717) is 29.1 Å². The van der Waals surface area contributed by atoms with Crippen LogP contribution in [0.3, 0.4) is 0 Å². The fourth-order valence-corrected chi connectivity index (χ4v) is 5.21. The number of aliphatic carboxylic acids is 1. The summed E-state index contributed by atoms with van der Waals surface area (Å²) in [4.78, 5) is 33.5. The Morgan fingerprint density at radius 2 is 1.94 bits per heavy atom. The number of nitrogens with zero attached hydrogens (tertiary/aromatic N) is 3. The van der Waals surface area contributed by atoms with Crippen LogP contribution in [0, 0.1) is 5.92 Å². The maximum Gasteiger partial charge on any atom is 0.328 e. The predicted octanol–water partition coefficient (Wildman–Crippen LogP) is 4.79. The second kappa shape index (κ2) is 12.6. The predicted molar refractivity (Wildman–Crippen MR) is 136 cm³/mol. The van der Waals surface area contributed by atoms with Crippen LogP contribution in [0.15, 0.2) is 18.2 Å². The third-order valence-electron chi connectivity index (χ3n) is 5.09. The quantitative estimate of drug-likeness (QED) is 0.550. The molecule has 182 valence electrons. The van der Waals surface area contributed by atoms with Gasteiger partial charge >= 0.3 is 5.97 Å². The van der Waals surface area contributed by atoms with Crippen LogP contribution in [0.2, 0.25) is 10.0 Å². The number of benzene rings is 1. The molecule has 1 aliphatic heterocycles. The molecule has 1 unspecified atom stereocenters. The van der Waals surface area contributed by atoms with E-state index in [1.807, 2.05) is 24.8 Å². The summed E-state index contributed by atoms with van der Waals surface area (Å²) in [7, 11) is 0. The zero-order valence-corrected chi connectivity index (χ0v) is 21.8. The van der Waals surface area contributed by atoms with Gasteiger partial charge in [0, 0.05) is 36.5 Å². The first-order chi connectivity index (χ1) is 15.7. The summed E-state index contributed by atoms with van der Waals surface area (Å²) in [5, 5.41) is 11.4. The zero-order chi connectivity index (χ0) is 24.7. The largest absolute Gasteiger partial charge is 0.480 e. The Bertz CT molecular complexity index is 967. The van der Waals surface area contributed by atoms with E-state index in [1.165, 1.54) is 4.90 Å². The standard InChI is InChI=1S/C21H26Cl2N4O3S.C2H6/c1-12(2)9-17-19(13-3-4-14(22)15(23)10-13)25-21(31-17)26-7-8-27(18(28)5-6-24)16(11-26)20(29)30;1-2/h3-4,10,12,16H,5-9,11,24H2,1-2H3,(H,29,30);1-2H3. The molecule has 10 heteroatoms. The molecule has 0 aliphatic carbocycles. The number of hydrogen-bond donors (Lipinski definition) is 2. The highest BCUT2D eigenvalue weighted by molar-refractivity contribution is 7.16.